The predicted octanol–water partition coefficient (Wildman–Crippen LogP) is 0.507. The summed E-state index contributed by atoms with van der Waals surface area (Å²) in [6.07, 6.45) is 6.76. The summed E-state index contributed by atoms with van der Waals surface area (Å²) >= 11 is 0. The number of aliphatic imine (C=N–C) groups is 1. The smallest absolute Gasteiger partial charge is 0.191 e. The van der Waals surface area contributed by atoms with Crippen LogP contribution < -0.4 is 10.6 Å². The highest BCUT2D eigenvalue weighted by Gasteiger charge is 2.02. The van der Waals surface area contributed by atoms with Crippen molar-refractivity contribution in [3.8, 4) is 0 Å². The summed E-state index contributed by atoms with van der Waals surface area (Å²) in [7, 11) is 1.78. The Morgan fingerprint density at radius 1 is 1.19 bits per heavy atom. The summed E-state index contributed by atoms with van der Waals surface area (Å²) in [5.74, 6) is 1.82. The zero-order valence-electron chi connectivity index (χ0n) is 12.7. The van der Waals surface area contributed by atoms with Crippen LogP contribution in [-0.4, -0.2) is 45.4 Å². The molecular formula is C14H23N7. The minimum Gasteiger partial charge on any atom is -0.355 e. The van der Waals surface area contributed by atoms with E-state index >= 15 is 0 Å². The molecule has 0 aliphatic heterocycles. The van der Waals surface area contributed by atoms with Crippen LogP contribution in [-0.2, 0) is 19.5 Å². The van der Waals surface area contributed by atoms with Gasteiger partial charge in [0.15, 0.2) is 5.96 Å². The van der Waals surface area contributed by atoms with E-state index in [1.165, 1.54) is 0 Å². The number of hydrogen-bond donors (Lipinski definition) is 2. The van der Waals surface area contributed by atoms with Gasteiger partial charge in [-0.15, -0.1) is 10.2 Å². The molecule has 0 aromatic carbocycles. The largest absolute Gasteiger partial charge is 0.355 e. The molecule has 2 aromatic heterocycles. The third-order valence-corrected chi connectivity index (χ3v) is 3.21. The van der Waals surface area contributed by atoms with Gasteiger partial charge in [0, 0.05) is 52.0 Å². The topological polar surface area (TPSA) is 72.1 Å². The Balaban J connectivity index is 1.68. The maximum absolute atomic E-state index is 4.21. The SMILES string of the molecule is CCc1nncn1CCNC(=NC)NCCn1cccc1. The second-order valence-corrected chi connectivity index (χ2v) is 4.64. The molecule has 7 nitrogen and oxygen atoms in total. The van der Waals surface area contributed by atoms with E-state index in [4.69, 9.17) is 0 Å². The lowest BCUT2D eigenvalue weighted by Gasteiger charge is -2.13. The summed E-state index contributed by atoms with van der Waals surface area (Å²) in [5, 5.41) is 14.6. The van der Waals surface area contributed by atoms with Crippen LogP contribution in [0, 0.1) is 0 Å². The van der Waals surface area contributed by atoms with E-state index in [0.29, 0.717) is 0 Å². The van der Waals surface area contributed by atoms with E-state index in [9.17, 15) is 0 Å². The Hall–Kier alpha value is -2.31. The van der Waals surface area contributed by atoms with Crippen molar-refractivity contribution in [3.63, 3.8) is 0 Å². The molecule has 0 aliphatic rings. The van der Waals surface area contributed by atoms with Gasteiger partial charge in [-0.25, -0.2) is 0 Å². The number of aryl methyl sites for hydroxylation is 1. The van der Waals surface area contributed by atoms with Crippen LogP contribution in [0.25, 0.3) is 0 Å². The van der Waals surface area contributed by atoms with Crippen LogP contribution in [0.15, 0.2) is 35.8 Å². The Labute approximate surface area is 125 Å². The molecule has 0 saturated heterocycles. The molecule has 2 aromatic rings. The molecular weight excluding hydrogens is 266 g/mol. The maximum Gasteiger partial charge on any atom is 0.191 e. The zero-order chi connectivity index (χ0) is 14.9. The quantitative estimate of drug-likeness (QED) is 0.575. The predicted molar refractivity (Wildman–Crippen MR) is 83.2 cm³/mol. The summed E-state index contributed by atoms with van der Waals surface area (Å²) in [6.45, 7) is 5.44. The van der Waals surface area contributed by atoms with Crippen LogP contribution in [0.5, 0.6) is 0 Å². The number of hydrogen-bond acceptors (Lipinski definition) is 3. The van der Waals surface area contributed by atoms with Crippen molar-refractivity contribution in [3.05, 3.63) is 36.7 Å². The van der Waals surface area contributed by atoms with Crippen molar-refractivity contribution in [2.75, 3.05) is 20.1 Å². The van der Waals surface area contributed by atoms with Crippen LogP contribution in [0.2, 0.25) is 0 Å². The molecule has 114 valence electrons. The Kier molecular flexibility index (Phi) is 5.81. The van der Waals surface area contributed by atoms with Crippen molar-refractivity contribution >= 4 is 5.96 Å². The van der Waals surface area contributed by atoms with Gasteiger partial charge in [0.2, 0.25) is 0 Å². The van der Waals surface area contributed by atoms with Gasteiger partial charge in [0.1, 0.15) is 12.2 Å². The second-order valence-electron chi connectivity index (χ2n) is 4.64. The fraction of sp³-hybridized carbons (Fsp3) is 0.500. The zero-order valence-corrected chi connectivity index (χ0v) is 12.7. The monoisotopic (exact) mass is 289 g/mol. The van der Waals surface area contributed by atoms with Crippen LogP contribution >= 0.6 is 0 Å². The van der Waals surface area contributed by atoms with Crippen molar-refractivity contribution in [2.45, 2.75) is 26.4 Å². The Morgan fingerprint density at radius 2 is 1.90 bits per heavy atom. The second kappa shape index (κ2) is 8.08. The summed E-state index contributed by atoms with van der Waals surface area (Å²) in [5.41, 5.74) is 0. The number of aromatic nitrogens is 4. The fourth-order valence-electron chi connectivity index (χ4n) is 2.08. The number of nitrogens with zero attached hydrogens (tertiary/aromatic N) is 5. The minimum absolute atomic E-state index is 0.786. The van der Waals surface area contributed by atoms with Gasteiger partial charge in [-0.2, -0.15) is 0 Å². The Bertz CT molecular complexity index is 541. The lowest BCUT2D eigenvalue weighted by atomic mass is 10.4. The molecule has 7 heteroatoms. The normalized spacial score (nSPS) is 11.6. The molecule has 0 amide bonds. The van der Waals surface area contributed by atoms with E-state index in [1.54, 1.807) is 13.4 Å². The maximum atomic E-state index is 4.21. The first-order chi connectivity index (χ1) is 10.3. The lowest BCUT2D eigenvalue weighted by molar-refractivity contribution is 0.623. The van der Waals surface area contributed by atoms with Gasteiger partial charge < -0.3 is 19.8 Å². The molecule has 2 heterocycles. The third-order valence-electron chi connectivity index (χ3n) is 3.21. The molecule has 0 aliphatic carbocycles. The first kappa shape index (κ1) is 15.1. The van der Waals surface area contributed by atoms with Crippen LogP contribution in [0.4, 0.5) is 0 Å². The summed E-state index contributed by atoms with van der Waals surface area (Å²) < 4.78 is 4.19. The highest BCUT2D eigenvalue weighted by molar-refractivity contribution is 5.79. The molecule has 2 rings (SSSR count). The molecule has 0 spiro atoms. The van der Waals surface area contributed by atoms with E-state index in [2.05, 4.69) is 54.3 Å². The molecule has 0 atom stereocenters. The first-order valence-corrected chi connectivity index (χ1v) is 7.25. The van der Waals surface area contributed by atoms with E-state index < -0.39 is 0 Å². The van der Waals surface area contributed by atoms with E-state index in [-0.39, 0.29) is 0 Å². The number of nitrogens with one attached hydrogen (secondary N) is 2. The molecule has 2 N–H and O–H groups in total. The van der Waals surface area contributed by atoms with Gasteiger partial charge in [0.25, 0.3) is 0 Å². The minimum atomic E-state index is 0.786. The van der Waals surface area contributed by atoms with Crippen molar-refractivity contribution in [1.82, 2.24) is 30.0 Å². The van der Waals surface area contributed by atoms with Gasteiger partial charge in [-0.3, -0.25) is 4.99 Å². The van der Waals surface area contributed by atoms with Gasteiger partial charge >= 0.3 is 0 Å². The van der Waals surface area contributed by atoms with Gasteiger partial charge in [0.05, 0.1) is 0 Å². The molecule has 0 bridgehead atoms. The average molecular weight is 289 g/mol. The summed E-state index contributed by atoms with van der Waals surface area (Å²) in [6, 6.07) is 4.05. The van der Waals surface area contributed by atoms with Crippen molar-refractivity contribution < 1.29 is 0 Å². The molecule has 0 fully saturated rings. The first-order valence-electron chi connectivity index (χ1n) is 7.25. The van der Waals surface area contributed by atoms with Crippen LogP contribution in [0.3, 0.4) is 0 Å². The van der Waals surface area contributed by atoms with Gasteiger partial charge in [-0.1, -0.05) is 6.92 Å². The molecule has 21 heavy (non-hydrogen) atoms. The lowest BCUT2D eigenvalue weighted by Crippen LogP contribution is -2.40. The van der Waals surface area contributed by atoms with Gasteiger partial charge in [-0.05, 0) is 12.1 Å². The number of guanidine groups is 1. The number of rotatable bonds is 7. The summed E-state index contributed by atoms with van der Waals surface area (Å²) in [4.78, 5) is 4.21. The van der Waals surface area contributed by atoms with E-state index in [1.807, 2.05) is 12.1 Å². The van der Waals surface area contributed by atoms with E-state index in [0.717, 1.165) is 44.4 Å². The third kappa shape index (κ3) is 4.62. The van der Waals surface area contributed by atoms with Crippen LogP contribution in [0.1, 0.15) is 12.7 Å². The average Bonchev–Trinajstić information content (AvgIpc) is 3.16. The van der Waals surface area contributed by atoms with Crippen molar-refractivity contribution in [1.29, 1.82) is 0 Å². The highest BCUT2D eigenvalue weighted by atomic mass is 15.3. The fourth-order valence-corrected chi connectivity index (χ4v) is 2.08. The Morgan fingerprint density at radius 3 is 2.57 bits per heavy atom. The molecule has 0 radical (unpaired) electrons. The standard InChI is InChI=1S/C14H23N7/c1-3-13-19-18-12-21(13)11-7-17-14(15-2)16-6-10-20-8-4-5-9-20/h4-5,8-9,12H,3,6-7,10-11H2,1-2H3,(H2,15,16,17). The molecule has 0 saturated carbocycles. The highest BCUT2D eigenvalue weighted by Crippen LogP contribution is 1.94. The van der Waals surface area contributed by atoms with Crippen molar-refractivity contribution in [2.24, 2.45) is 4.99 Å². The molecule has 0 unspecified atom stereocenters.